The maximum atomic E-state index is 12.7. The molecule has 0 radical (unpaired) electrons. The van der Waals surface area contributed by atoms with Crippen molar-refractivity contribution >= 4 is 29.0 Å². The minimum absolute atomic E-state index is 0.0828. The molecule has 3 rings (SSSR count). The Kier molecular flexibility index (Phi) is 4.75. The van der Waals surface area contributed by atoms with Gasteiger partial charge in [-0.05, 0) is 30.7 Å². The lowest BCUT2D eigenvalue weighted by Gasteiger charge is -2.10. The number of fused-ring (bicyclic) bond motifs is 1. The Labute approximate surface area is 144 Å². The Hall–Kier alpha value is -3.21. The topological polar surface area (TPSA) is 72.2 Å². The van der Waals surface area contributed by atoms with E-state index in [-0.39, 0.29) is 18.5 Å². The van der Waals surface area contributed by atoms with Crippen LogP contribution in [0.5, 0.6) is 0 Å². The average Bonchev–Trinajstić information content (AvgIpc) is 2.59. The first-order valence-electron chi connectivity index (χ1n) is 8.01. The second-order valence-electron chi connectivity index (χ2n) is 5.84. The normalized spacial score (nSPS) is 11.2. The third-order valence-corrected chi connectivity index (χ3v) is 3.91. The Morgan fingerprint density at radius 2 is 1.96 bits per heavy atom. The largest absolute Gasteiger partial charge is 0.481 e. The van der Waals surface area contributed by atoms with Gasteiger partial charge in [0.15, 0.2) is 0 Å². The van der Waals surface area contributed by atoms with Crippen molar-refractivity contribution in [3.63, 3.8) is 0 Å². The molecule has 1 heterocycles. The van der Waals surface area contributed by atoms with Crippen molar-refractivity contribution in [1.29, 1.82) is 0 Å². The van der Waals surface area contributed by atoms with Gasteiger partial charge in [0.25, 0.3) is 5.56 Å². The molecule has 0 unspecified atom stereocenters. The van der Waals surface area contributed by atoms with Crippen LogP contribution in [-0.4, -0.2) is 20.6 Å². The fourth-order valence-corrected chi connectivity index (χ4v) is 2.68. The summed E-state index contributed by atoms with van der Waals surface area (Å²) in [6.45, 7) is 2.09. The number of aromatic nitrogens is 2. The maximum Gasteiger partial charge on any atom is 0.305 e. The van der Waals surface area contributed by atoms with Crippen LogP contribution in [0.4, 0.5) is 0 Å². The van der Waals surface area contributed by atoms with Gasteiger partial charge in [-0.2, -0.15) is 0 Å². The molecule has 0 saturated carbocycles. The van der Waals surface area contributed by atoms with Gasteiger partial charge in [0, 0.05) is 6.54 Å². The van der Waals surface area contributed by atoms with Crippen LogP contribution >= 0.6 is 0 Å². The first kappa shape index (κ1) is 16.6. The zero-order chi connectivity index (χ0) is 17.8. The van der Waals surface area contributed by atoms with Crippen molar-refractivity contribution in [3.8, 4) is 0 Å². The predicted molar refractivity (Wildman–Crippen MR) is 98.4 cm³/mol. The molecule has 5 nitrogen and oxygen atoms in total. The fourth-order valence-electron chi connectivity index (χ4n) is 2.68. The summed E-state index contributed by atoms with van der Waals surface area (Å²) in [6.07, 6.45) is 3.50. The van der Waals surface area contributed by atoms with E-state index in [0.717, 1.165) is 11.1 Å². The van der Waals surface area contributed by atoms with Crippen LogP contribution in [0.25, 0.3) is 23.1 Å². The fraction of sp³-hybridized carbons (Fsp3) is 0.150. The second kappa shape index (κ2) is 7.13. The summed E-state index contributed by atoms with van der Waals surface area (Å²) in [5.41, 5.74) is 2.50. The molecule has 0 bridgehead atoms. The van der Waals surface area contributed by atoms with E-state index in [4.69, 9.17) is 5.11 Å². The van der Waals surface area contributed by atoms with E-state index in [1.54, 1.807) is 24.3 Å². The number of nitrogens with zero attached hydrogens (tertiary/aromatic N) is 2. The number of aliphatic carboxylic acids is 1. The van der Waals surface area contributed by atoms with Crippen LogP contribution in [0.2, 0.25) is 0 Å². The number of para-hydroxylation sites is 1. The standard InChI is InChI=1S/C20H18N2O3/c1-14-5-4-6-15(13-14)9-10-18-21-17-8-3-2-7-16(17)20(25)22(18)12-11-19(23)24/h2-10,13H,11-12H2,1H3,(H,23,24)/b10-9+. The number of carboxylic acids is 1. The summed E-state index contributed by atoms with van der Waals surface area (Å²) < 4.78 is 1.42. The third kappa shape index (κ3) is 3.83. The Morgan fingerprint density at radius 1 is 1.16 bits per heavy atom. The summed E-state index contributed by atoms with van der Waals surface area (Å²) >= 11 is 0. The van der Waals surface area contributed by atoms with Gasteiger partial charge in [-0.25, -0.2) is 4.98 Å². The summed E-state index contributed by atoms with van der Waals surface area (Å²) in [5, 5.41) is 9.44. The highest BCUT2D eigenvalue weighted by Crippen LogP contribution is 2.12. The molecule has 1 aromatic heterocycles. The molecule has 0 aliphatic carbocycles. The molecule has 0 spiro atoms. The number of hydrogen-bond acceptors (Lipinski definition) is 3. The summed E-state index contributed by atoms with van der Waals surface area (Å²) in [6, 6.07) is 15.0. The molecular weight excluding hydrogens is 316 g/mol. The number of hydrogen-bond donors (Lipinski definition) is 1. The zero-order valence-electron chi connectivity index (χ0n) is 13.8. The van der Waals surface area contributed by atoms with Gasteiger partial charge in [-0.1, -0.05) is 48.0 Å². The minimum Gasteiger partial charge on any atom is -0.481 e. The van der Waals surface area contributed by atoms with Crippen LogP contribution in [0.15, 0.2) is 53.3 Å². The van der Waals surface area contributed by atoms with E-state index in [9.17, 15) is 9.59 Å². The Bertz CT molecular complexity index is 1020. The molecule has 5 heteroatoms. The van der Waals surface area contributed by atoms with E-state index >= 15 is 0 Å². The molecule has 0 atom stereocenters. The van der Waals surface area contributed by atoms with Gasteiger partial charge in [-0.15, -0.1) is 0 Å². The highest BCUT2D eigenvalue weighted by Gasteiger charge is 2.10. The quantitative estimate of drug-likeness (QED) is 0.776. The van der Waals surface area contributed by atoms with Crippen molar-refractivity contribution < 1.29 is 9.90 Å². The van der Waals surface area contributed by atoms with Gasteiger partial charge in [0.05, 0.1) is 17.3 Å². The number of rotatable bonds is 5. The van der Waals surface area contributed by atoms with Crippen LogP contribution in [0.3, 0.4) is 0 Å². The lowest BCUT2D eigenvalue weighted by molar-refractivity contribution is -0.137. The van der Waals surface area contributed by atoms with E-state index in [1.807, 2.05) is 43.3 Å². The lowest BCUT2D eigenvalue weighted by atomic mass is 10.1. The molecule has 0 saturated heterocycles. The minimum atomic E-state index is -0.950. The number of carbonyl (C=O) groups is 1. The van der Waals surface area contributed by atoms with Gasteiger partial charge in [0.1, 0.15) is 5.82 Å². The molecule has 0 aliphatic rings. The van der Waals surface area contributed by atoms with Crippen molar-refractivity contribution in [3.05, 3.63) is 75.8 Å². The molecule has 0 aliphatic heterocycles. The molecule has 0 fully saturated rings. The number of benzene rings is 2. The maximum absolute atomic E-state index is 12.7. The summed E-state index contributed by atoms with van der Waals surface area (Å²) in [5.74, 6) is -0.500. The van der Waals surface area contributed by atoms with E-state index < -0.39 is 5.97 Å². The van der Waals surface area contributed by atoms with Crippen LogP contribution in [0, 0.1) is 6.92 Å². The molecule has 25 heavy (non-hydrogen) atoms. The summed E-state index contributed by atoms with van der Waals surface area (Å²) in [7, 11) is 0. The monoisotopic (exact) mass is 334 g/mol. The Balaban J connectivity index is 2.09. The van der Waals surface area contributed by atoms with Gasteiger partial charge < -0.3 is 5.11 Å². The number of aryl methyl sites for hydroxylation is 1. The molecule has 2 aromatic carbocycles. The van der Waals surface area contributed by atoms with Crippen molar-refractivity contribution in [2.24, 2.45) is 0 Å². The number of carboxylic acid groups (broad SMARTS) is 1. The average molecular weight is 334 g/mol. The third-order valence-electron chi connectivity index (χ3n) is 3.91. The Morgan fingerprint density at radius 3 is 2.72 bits per heavy atom. The van der Waals surface area contributed by atoms with E-state index in [0.29, 0.717) is 16.7 Å². The molecule has 126 valence electrons. The second-order valence-corrected chi connectivity index (χ2v) is 5.84. The van der Waals surface area contributed by atoms with E-state index in [2.05, 4.69) is 4.98 Å². The zero-order valence-corrected chi connectivity index (χ0v) is 13.8. The highest BCUT2D eigenvalue weighted by atomic mass is 16.4. The summed E-state index contributed by atoms with van der Waals surface area (Å²) in [4.78, 5) is 28.2. The first-order chi connectivity index (χ1) is 12.0. The molecular formula is C20H18N2O3. The molecule has 3 aromatic rings. The molecule has 0 amide bonds. The first-order valence-corrected chi connectivity index (χ1v) is 8.01. The molecule has 1 N–H and O–H groups in total. The van der Waals surface area contributed by atoms with Crippen LogP contribution in [0.1, 0.15) is 23.4 Å². The predicted octanol–water partition coefficient (Wildman–Crippen LogP) is 3.35. The van der Waals surface area contributed by atoms with Crippen molar-refractivity contribution in [2.45, 2.75) is 19.9 Å². The SMILES string of the molecule is Cc1cccc(/C=C/c2nc3ccccc3c(=O)n2CCC(=O)O)c1. The van der Waals surface area contributed by atoms with Crippen LogP contribution in [-0.2, 0) is 11.3 Å². The van der Waals surface area contributed by atoms with Crippen molar-refractivity contribution in [1.82, 2.24) is 9.55 Å². The van der Waals surface area contributed by atoms with Crippen LogP contribution < -0.4 is 5.56 Å². The lowest BCUT2D eigenvalue weighted by Crippen LogP contribution is -2.25. The van der Waals surface area contributed by atoms with Gasteiger partial charge in [0.2, 0.25) is 0 Å². The smallest absolute Gasteiger partial charge is 0.305 e. The van der Waals surface area contributed by atoms with Gasteiger partial charge >= 0.3 is 5.97 Å². The van der Waals surface area contributed by atoms with E-state index in [1.165, 1.54) is 4.57 Å². The highest BCUT2D eigenvalue weighted by molar-refractivity contribution is 5.79. The van der Waals surface area contributed by atoms with Crippen molar-refractivity contribution in [2.75, 3.05) is 0 Å². The van der Waals surface area contributed by atoms with Gasteiger partial charge in [-0.3, -0.25) is 14.2 Å².